The highest BCUT2D eigenvalue weighted by molar-refractivity contribution is 5.79. The van der Waals surface area contributed by atoms with Crippen LogP contribution in [0.2, 0.25) is 0 Å². The van der Waals surface area contributed by atoms with E-state index in [1.807, 2.05) is 38.3 Å². The third-order valence-corrected chi connectivity index (χ3v) is 6.85. The van der Waals surface area contributed by atoms with Crippen LogP contribution in [-0.2, 0) is 17.8 Å². The number of hydrogen-bond donors (Lipinski definition) is 0. The number of amides is 1. The standard InChI is InChI=1S/C24H29N5O2/c30-22(14-19-8-4-11-25-15-19)27-13-10-20(17-27)29-23-21(9-5-12-26-23)28(24(29)31)16-18-6-2-1-3-7-18/h4-5,8-9,11-12,15,18,20H,1-3,6-7,10,13-14,16-17H2/t20-/m1/s1. The lowest BCUT2D eigenvalue weighted by Gasteiger charge is -2.21. The van der Waals surface area contributed by atoms with Gasteiger partial charge in [-0.05, 0) is 48.9 Å². The van der Waals surface area contributed by atoms with E-state index in [4.69, 9.17) is 0 Å². The molecule has 162 valence electrons. The number of carbonyl (C=O) groups excluding carboxylic acids is 1. The van der Waals surface area contributed by atoms with Crippen molar-refractivity contribution in [2.75, 3.05) is 13.1 Å². The number of likely N-dealkylation sites (tertiary alicyclic amines) is 1. The normalized spacial score (nSPS) is 19.9. The number of hydrogen-bond acceptors (Lipinski definition) is 4. The molecule has 5 rings (SSSR count). The van der Waals surface area contributed by atoms with Gasteiger partial charge in [-0.3, -0.25) is 18.9 Å². The van der Waals surface area contributed by atoms with Gasteiger partial charge in [-0.1, -0.05) is 25.3 Å². The van der Waals surface area contributed by atoms with Crippen LogP contribution in [-0.4, -0.2) is 43.0 Å². The fraction of sp³-hybridized carbons (Fsp3) is 0.500. The van der Waals surface area contributed by atoms with Crippen molar-refractivity contribution in [3.8, 4) is 0 Å². The minimum Gasteiger partial charge on any atom is -0.340 e. The van der Waals surface area contributed by atoms with Crippen molar-refractivity contribution < 1.29 is 4.79 Å². The molecule has 2 aliphatic rings. The Morgan fingerprint density at radius 2 is 1.90 bits per heavy atom. The van der Waals surface area contributed by atoms with E-state index in [1.54, 1.807) is 18.6 Å². The number of fused-ring (bicyclic) bond motifs is 1. The molecule has 1 saturated carbocycles. The van der Waals surface area contributed by atoms with E-state index in [0.717, 1.165) is 29.7 Å². The van der Waals surface area contributed by atoms with Crippen molar-refractivity contribution in [2.24, 2.45) is 5.92 Å². The van der Waals surface area contributed by atoms with Crippen LogP contribution in [0, 0.1) is 5.92 Å². The topological polar surface area (TPSA) is 73.0 Å². The van der Waals surface area contributed by atoms with Crippen LogP contribution in [0.25, 0.3) is 11.2 Å². The van der Waals surface area contributed by atoms with Crippen molar-refractivity contribution in [3.63, 3.8) is 0 Å². The zero-order valence-electron chi connectivity index (χ0n) is 17.8. The van der Waals surface area contributed by atoms with Gasteiger partial charge in [0.05, 0.1) is 18.0 Å². The molecule has 4 heterocycles. The van der Waals surface area contributed by atoms with E-state index in [1.165, 1.54) is 32.1 Å². The van der Waals surface area contributed by atoms with Crippen LogP contribution in [0.15, 0.2) is 47.7 Å². The van der Waals surface area contributed by atoms with Gasteiger partial charge in [-0.2, -0.15) is 0 Å². The molecule has 1 amide bonds. The highest BCUT2D eigenvalue weighted by atomic mass is 16.2. The molecule has 0 unspecified atom stereocenters. The van der Waals surface area contributed by atoms with E-state index in [-0.39, 0.29) is 17.6 Å². The van der Waals surface area contributed by atoms with E-state index >= 15 is 0 Å². The molecule has 0 N–H and O–H groups in total. The number of carbonyl (C=O) groups is 1. The molecular formula is C24H29N5O2. The molecule has 1 saturated heterocycles. The fourth-order valence-electron chi connectivity index (χ4n) is 5.21. The van der Waals surface area contributed by atoms with Crippen LogP contribution >= 0.6 is 0 Å². The van der Waals surface area contributed by atoms with E-state index in [9.17, 15) is 9.59 Å². The van der Waals surface area contributed by atoms with Gasteiger partial charge in [0.2, 0.25) is 5.91 Å². The van der Waals surface area contributed by atoms with E-state index in [2.05, 4.69) is 9.97 Å². The lowest BCUT2D eigenvalue weighted by Crippen LogP contribution is -2.33. The van der Waals surface area contributed by atoms with Gasteiger partial charge in [-0.25, -0.2) is 9.78 Å². The Kier molecular flexibility index (Phi) is 5.57. The summed E-state index contributed by atoms with van der Waals surface area (Å²) in [5.74, 6) is 0.647. The first-order valence-electron chi connectivity index (χ1n) is 11.4. The summed E-state index contributed by atoms with van der Waals surface area (Å²) in [7, 11) is 0. The van der Waals surface area contributed by atoms with Crippen LogP contribution < -0.4 is 5.69 Å². The summed E-state index contributed by atoms with van der Waals surface area (Å²) in [5, 5.41) is 0. The molecule has 1 atom stereocenters. The van der Waals surface area contributed by atoms with Crippen LogP contribution in [0.1, 0.15) is 50.1 Å². The van der Waals surface area contributed by atoms with Crippen LogP contribution in [0.5, 0.6) is 0 Å². The summed E-state index contributed by atoms with van der Waals surface area (Å²) in [5.41, 5.74) is 2.60. The summed E-state index contributed by atoms with van der Waals surface area (Å²) in [6.07, 6.45) is 12.5. The second kappa shape index (κ2) is 8.65. The number of aromatic nitrogens is 4. The van der Waals surface area contributed by atoms with Crippen LogP contribution in [0.4, 0.5) is 0 Å². The van der Waals surface area contributed by atoms with E-state index < -0.39 is 0 Å². The number of pyridine rings is 2. The smallest absolute Gasteiger partial charge is 0.330 e. The summed E-state index contributed by atoms with van der Waals surface area (Å²) >= 11 is 0. The second-order valence-corrected chi connectivity index (χ2v) is 8.93. The summed E-state index contributed by atoms with van der Waals surface area (Å²) in [6.45, 7) is 1.99. The Bertz CT molecular complexity index is 1110. The molecule has 3 aromatic heterocycles. The average molecular weight is 420 g/mol. The Balaban J connectivity index is 1.38. The lowest BCUT2D eigenvalue weighted by molar-refractivity contribution is -0.129. The van der Waals surface area contributed by atoms with Gasteiger partial charge in [-0.15, -0.1) is 0 Å². The fourth-order valence-corrected chi connectivity index (χ4v) is 5.21. The van der Waals surface area contributed by atoms with Crippen molar-refractivity contribution >= 4 is 17.1 Å². The Hall–Kier alpha value is -2.96. The maximum absolute atomic E-state index is 13.5. The monoisotopic (exact) mass is 419 g/mol. The zero-order valence-corrected chi connectivity index (χ0v) is 17.8. The van der Waals surface area contributed by atoms with Crippen molar-refractivity contribution in [1.82, 2.24) is 24.0 Å². The van der Waals surface area contributed by atoms with Gasteiger partial charge in [0.15, 0.2) is 5.65 Å². The largest absolute Gasteiger partial charge is 0.340 e. The summed E-state index contributed by atoms with van der Waals surface area (Å²) in [4.78, 5) is 36.8. The third-order valence-electron chi connectivity index (χ3n) is 6.85. The molecule has 0 bridgehead atoms. The van der Waals surface area contributed by atoms with E-state index in [0.29, 0.717) is 25.4 Å². The summed E-state index contributed by atoms with van der Waals surface area (Å²) in [6, 6.07) is 7.65. The molecule has 3 aromatic rings. The molecule has 1 aliphatic carbocycles. The molecule has 7 heteroatoms. The molecule has 7 nitrogen and oxygen atoms in total. The Morgan fingerprint density at radius 3 is 2.71 bits per heavy atom. The van der Waals surface area contributed by atoms with Gasteiger partial charge < -0.3 is 4.90 Å². The highest BCUT2D eigenvalue weighted by Crippen LogP contribution is 2.28. The predicted octanol–water partition coefficient (Wildman–Crippen LogP) is 3.19. The second-order valence-electron chi connectivity index (χ2n) is 8.93. The Morgan fingerprint density at radius 1 is 1.06 bits per heavy atom. The maximum Gasteiger partial charge on any atom is 0.330 e. The first-order valence-corrected chi connectivity index (χ1v) is 11.4. The molecule has 31 heavy (non-hydrogen) atoms. The zero-order chi connectivity index (χ0) is 21.2. The number of rotatable bonds is 5. The SMILES string of the molecule is O=C(Cc1cccnc1)N1CC[C@@H](n2c(=O)n(CC3CCCCC3)c3cccnc32)C1. The van der Waals surface area contributed by atoms with Crippen molar-refractivity contribution in [1.29, 1.82) is 0 Å². The quantitative estimate of drug-likeness (QED) is 0.637. The minimum atomic E-state index is -0.0321. The number of nitrogens with zero attached hydrogens (tertiary/aromatic N) is 5. The van der Waals surface area contributed by atoms with Crippen LogP contribution in [0.3, 0.4) is 0 Å². The summed E-state index contributed by atoms with van der Waals surface area (Å²) < 4.78 is 3.77. The Labute approximate surface area is 181 Å². The molecule has 0 radical (unpaired) electrons. The molecular weight excluding hydrogens is 390 g/mol. The van der Waals surface area contributed by atoms with Gasteiger partial charge in [0.1, 0.15) is 0 Å². The molecule has 0 spiro atoms. The first-order chi connectivity index (χ1) is 15.2. The van der Waals surface area contributed by atoms with Crippen molar-refractivity contribution in [2.45, 2.75) is 57.5 Å². The maximum atomic E-state index is 13.5. The molecule has 0 aromatic carbocycles. The van der Waals surface area contributed by atoms with Gasteiger partial charge in [0.25, 0.3) is 0 Å². The molecule has 2 fully saturated rings. The van der Waals surface area contributed by atoms with Crippen molar-refractivity contribution in [3.05, 3.63) is 58.9 Å². The minimum absolute atomic E-state index is 0.0193. The van der Waals surface area contributed by atoms with Gasteiger partial charge in [0, 0.05) is 38.2 Å². The predicted molar refractivity (Wildman–Crippen MR) is 119 cm³/mol. The first kappa shape index (κ1) is 20.0. The average Bonchev–Trinajstić information content (AvgIpc) is 3.39. The lowest BCUT2D eigenvalue weighted by atomic mass is 9.89. The van der Waals surface area contributed by atoms with Gasteiger partial charge >= 0.3 is 5.69 Å². The highest BCUT2D eigenvalue weighted by Gasteiger charge is 2.31. The molecule has 1 aliphatic heterocycles. The number of imidazole rings is 1. The third kappa shape index (κ3) is 4.01.